The van der Waals surface area contributed by atoms with Crippen LogP contribution in [-0.4, -0.2) is 71.9 Å². The molecule has 8 heteroatoms. The number of β-amino-alcohol motifs (C(OH)–C–C–N with tert-alkyl or cyclic N) is 1. The summed E-state index contributed by atoms with van der Waals surface area (Å²) in [6.07, 6.45) is 1.73. The summed E-state index contributed by atoms with van der Waals surface area (Å²) in [5.41, 5.74) is -0.889. The minimum atomic E-state index is -1.21. The largest absolute Gasteiger partial charge is 0.493 e. The smallest absolute Gasteiger partial charge is 0.254 e. The normalized spacial score (nSPS) is 19.8. The fraction of sp³-hybridized carbons (Fsp3) is 0.519. The van der Waals surface area contributed by atoms with Gasteiger partial charge in [-0.2, -0.15) is 0 Å². The second kappa shape index (κ2) is 10.6. The minimum absolute atomic E-state index is 0.0650. The molecule has 2 aliphatic heterocycles. The number of piperidine rings is 1. The molecule has 0 spiro atoms. The maximum atomic E-state index is 14.8. The highest BCUT2D eigenvalue weighted by molar-refractivity contribution is 5.95. The number of ether oxygens (including phenoxy) is 1. The van der Waals surface area contributed by atoms with Crippen LogP contribution in [-0.2, 0) is 0 Å². The van der Waals surface area contributed by atoms with E-state index in [9.17, 15) is 23.1 Å². The lowest BCUT2D eigenvalue weighted by Crippen LogP contribution is -2.41. The standard InChI is InChI=1S/C27H33F3N2O3/c1-27(2,30)17-31-10-7-18(8-11-31)16-35-21-4-6-23(25(29)14-21)22-5-3-19(13-24(22)28)26(34)32-12-9-20(33)15-32/h3-6,13-14,18,20,33H,7-12,15-17H2,1-2H3. The number of benzene rings is 2. The molecule has 190 valence electrons. The number of alkyl halides is 1. The third-order valence-corrected chi connectivity index (χ3v) is 6.69. The Hall–Kier alpha value is -2.58. The number of carbonyl (C=O) groups excluding carboxylic acids is 1. The van der Waals surface area contributed by atoms with Crippen LogP contribution >= 0.6 is 0 Å². The molecule has 35 heavy (non-hydrogen) atoms. The fourth-order valence-corrected chi connectivity index (χ4v) is 4.84. The molecule has 0 radical (unpaired) electrons. The van der Waals surface area contributed by atoms with Crippen molar-refractivity contribution in [2.24, 2.45) is 5.92 Å². The van der Waals surface area contributed by atoms with Crippen molar-refractivity contribution in [2.75, 3.05) is 39.3 Å². The van der Waals surface area contributed by atoms with Gasteiger partial charge in [-0.05, 0) is 76.4 Å². The molecule has 1 atom stereocenters. The minimum Gasteiger partial charge on any atom is -0.493 e. The van der Waals surface area contributed by atoms with E-state index in [4.69, 9.17) is 4.74 Å². The zero-order chi connectivity index (χ0) is 25.2. The van der Waals surface area contributed by atoms with Gasteiger partial charge in [-0.1, -0.05) is 6.07 Å². The van der Waals surface area contributed by atoms with Crippen molar-refractivity contribution < 1.29 is 27.8 Å². The average Bonchev–Trinajstić information content (AvgIpc) is 3.24. The van der Waals surface area contributed by atoms with Gasteiger partial charge in [0.2, 0.25) is 0 Å². The Morgan fingerprint density at radius 2 is 1.69 bits per heavy atom. The molecule has 0 aromatic heterocycles. The van der Waals surface area contributed by atoms with Crippen molar-refractivity contribution >= 4 is 5.91 Å². The zero-order valence-corrected chi connectivity index (χ0v) is 20.3. The summed E-state index contributed by atoms with van der Waals surface area (Å²) < 4.78 is 49.3. The molecule has 2 heterocycles. The SMILES string of the molecule is CC(C)(F)CN1CCC(COc2ccc(-c3ccc(C(=O)N4CCC(O)C4)cc3F)c(F)c2)CC1. The van der Waals surface area contributed by atoms with E-state index in [-0.39, 0.29) is 29.1 Å². The number of amides is 1. The predicted molar refractivity (Wildman–Crippen MR) is 128 cm³/mol. The second-order valence-corrected chi connectivity index (χ2v) is 10.3. The topological polar surface area (TPSA) is 53.0 Å². The van der Waals surface area contributed by atoms with E-state index in [2.05, 4.69) is 4.90 Å². The number of aliphatic hydroxyl groups excluding tert-OH is 1. The van der Waals surface area contributed by atoms with Gasteiger partial charge in [-0.15, -0.1) is 0 Å². The molecule has 2 fully saturated rings. The zero-order valence-electron chi connectivity index (χ0n) is 20.3. The van der Waals surface area contributed by atoms with Crippen LogP contribution in [0.3, 0.4) is 0 Å². The molecule has 0 aliphatic carbocycles. The van der Waals surface area contributed by atoms with E-state index in [0.29, 0.717) is 37.8 Å². The summed E-state index contributed by atoms with van der Waals surface area (Å²) in [7, 11) is 0. The first-order valence-electron chi connectivity index (χ1n) is 12.2. The number of aliphatic hydroxyl groups is 1. The number of carbonyl (C=O) groups is 1. The Morgan fingerprint density at radius 1 is 1.03 bits per heavy atom. The van der Waals surface area contributed by atoms with Gasteiger partial charge < -0.3 is 19.6 Å². The van der Waals surface area contributed by atoms with Crippen LogP contribution in [0.25, 0.3) is 11.1 Å². The lowest BCUT2D eigenvalue weighted by molar-refractivity contribution is 0.0764. The highest BCUT2D eigenvalue weighted by Crippen LogP contribution is 2.30. The number of halogens is 3. The molecular weight excluding hydrogens is 457 g/mol. The quantitative estimate of drug-likeness (QED) is 0.613. The Balaban J connectivity index is 1.35. The van der Waals surface area contributed by atoms with Crippen molar-refractivity contribution in [3.63, 3.8) is 0 Å². The molecule has 5 nitrogen and oxygen atoms in total. The highest BCUT2D eigenvalue weighted by Gasteiger charge is 2.27. The second-order valence-electron chi connectivity index (χ2n) is 10.3. The monoisotopic (exact) mass is 490 g/mol. The molecule has 1 amide bonds. The van der Waals surface area contributed by atoms with E-state index in [1.54, 1.807) is 19.9 Å². The van der Waals surface area contributed by atoms with E-state index in [0.717, 1.165) is 32.0 Å². The average molecular weight is 491 g/mol. The van der Waals surface area contributed by atoms with Gasteiger partial charge in [0.15, 0.2) is 0 Å². The van der Waals surface area contributed by atoms with Crippen molar-refractivity contribution in [3.05, 3.63) is 53.6 Å². The van der Waals surface area contributed by atoms with Gasteiger partial charge >= 0.3 is 0 Å². The summed E-state index contributed by atoms with van der Waals surface area (Å²) in [6, 6.07) is 8.34. The van der Waals surface area contributed by atoms with Crippen LogP contribution in [0.1, 0.15) is 43.5 Å². The molecule has 0 saturated carbocycles. The molecule has 4 rings (SSSR count). The van der Waals surface area contributed by atoms with Gasteiger partial charge in [-0.25, -0.2) is 13.2 Å². The predicted octanol–water partition coefficient (Wildman–Crippen LogP) is 4.68. The first-order chi connectivity index (χ1) is 16.6. The van der Waals surface area contributed by atoms with Crippen molar-refractivity contribution in [3.8, 4) is 16.9 Å². The maximum absolute atomic E-state index is 14.8. The van der Waals surface area contributed by atoms with Gasteiger partial charge in [0, 0.05) is 42.4 Å². The molecule has 2 aliphatic rings. The van der Waals surface area contributed by atoms with Crippen molar-refractivity contribution in [1.82, 2.24) is 9.80 Å². The molecule has 1 unspecified atom stereocenters. The number of rotatable bonds is 7. The van der Waals surface area contributed by atoms with Crippen LogP contribution in [0.2, 0.25) is 0 Å². The maximum Gasteiger partial charge on any atom is 0.254 e. The van der Waals surface area contributed by atoms with Crippen LogP contribution in [0.15, 0.2) is 36.4 Å². The summed E-state index contributed by atoms with van der Waals surface area (Å²) in [5, 5.41) is 9.62. The Kier molecular flexibility index (Phi) is 7.71. The molecule has 0 bridgehead atoms. The molecule has 1 N–H and O–H groups in total. The Bertz CT molecular complexity index is 1050. The molecule has 2 saturated heterocycles. The number of hydrogen-bond acceptors (Lipinski definition) is 4. The first-order valence-corrected chi connectivity index (χ1v) is 12.2. The van der Waals surface area contributed by atoms with Crippen molar-refractivity contribution in [2.45, 2.75) is 44.9 Å². The summed E-state index contributed by atoms with van der Waals surface area (Å²) in [6.45, 7) is 6.31. The molecular formula is C27H33F3N2O3. The Labute approximate surface area is 204 Å². The van der Waals surface area contributed by atoms with Crippen LogP contribution in [0.5, 0.6) is 5.75 Å². The third-order valence-electron chi connectivity index (χ3n) is 6.69. The lowest BCUT2D eigenvalue weighted by atomic mass is 9.96. The van der Waals surface area contributed by atoms with Gasteiger partial charge in [0.1, 0.15) is 23.1 Å². The van der Waals surface area contributed by atoms with E-state index in [1.165, 1.54) is 29.2 Å². The van der Waals surface area contributed by atoms with Crippen LogP contribution in [0, 0.1) is 17.6 Å². The van der Waals surface area contributed by atoms with E-state index in [1.807, 2.05) is 0 Å². The first kappa shape index (κ1) is 25.5. The number of hydrogen-bond donors (Lipinski definition) is 1. The number of likely N-dealkylation sites (tertiary alicyclic amines) is 2. The summed E-state index contributed by atoms with van der Waals surface area (Å²) in [5.74, 6) is -0.959. The van der Waals surface area contributed by atoms with Gasteiger partial charge in [0.25, 0.3) is 5.91 Å². The fourth-order valence-electron chi connectivity index (χ4n) is 4.84. The molecule has 2 aromatic carbocycles. The van der Waals surface area contributed by atoms with Gasteiger partial charge in [0.05, 0.1) is 12.7 Å². The lowest BCUT2D eigenvalue weighted by Gasteiger charge is -2.34. The van der Waals surface area contributed by atoms with Crippen molar-refractivity contribution in [1.29, 1.82) is 0 Å². The third kappa shape index (κ3) is 6.55. The van der Waals surface area contributed by atoms with Gasteiger partial charge in [-0.3, -0.25) is 4.79 Å². The molecule has 2 aromatic rings. The van der Waals surface area contributed by atoms with Crippen LogP contribution in [0.4, 0.5) is 13.2 Å². The summed E-state index contributed by atoms with van der Waals surface area (Å²) in [4.78, 5) is 16.1. The van der Waals surface area contributed by atoms with Crippen LogP contribution < -0.4 is 4.74 Å². The van der Waals surface area contributed by atoms with E-state index >= 15 is 0 Å². The summed E-state index contributed by atoms with van der Waals surface area (Å²) >= 11 is 0. The Morgan fingerprint density at radius 3 is 2.26 bits per heavy atom. The number of nitrogens with zero attached hydrogens (tertiary/aromatic N) is 2. The van der Waals surface area contributed by atoms with E-state index < -0.39 is 23.4 Å². The highest BCUT2D eigenvalue weighted by atomic mass is 19.1.